The van der Waals surface area contributed by atoms with Crippen LogP contribution in [0, 0.1) is 0 Å². The molecule has 0 aliphatic carbocycles. The third-order valence-electron chi connectivity index (χ3n) is 3.46. The first-order chi connectivity index (χ1) is 12.0. The molecule has 2 aromatic rings. The molecule has 0 heterocycles. The van der Waals surface area contributed by atoms with Gasteiger partial charge in [0, 0.05) is 22.2 Å². The SMILES string of the molecule is O=C(NC(=O)c1ccccc1)O[C@@H](CCCO)c1cc(Br)ccc1O. The number of halogens is 1. The molecule has 0 fully saturated rings. The molecule has 7 heteroatoms. The van der Waals surface area contributed by atoms with Crippen molar-refractivity contribution in [2.24, 2.45) is 0 Å². The molecule has 0 spiro atoms. The zero-order chi connectivity index (χ0) is 18.2. The van der Waals surface area contributed by atoms with Gasteiger partial charge in [0.15, 0.2) is 0 Å². The van der Waals surface area contributed by atoms with Crippen molar-refractivity contribution in [1.29, 1.82) is 0 Å². The molecule has 0 saturated carbocycles. The highest BCUT2D eigenvalue weighted by Crippen LogP contribution is 2.32. The van der Waals surface area contributed by atoms with E-state index in [9.17, 15) is 14.7 Å². The molecular weight excluding hydrogens is 390 g/mol. The summed E-state index contributed by atoms with van der Waals surface area (Å²) in [6.45, 7) is -0.0841. The van der Waals surface area contributed by atoms with E-state index in [1.54, 1.807) is 42.5 Å². The van der Waals surface area contributed by atoms with Gasteiger partial charge < -0.3 is 14.9 Å². The average Bonchev–Trinajstić information content (AvgIpc) is 2.61. The largest absolute Gasteiger partial charge is 0.508 e. The molecule has 6 nitrogen and oxygen atoms in total. The van der Waals surface area contributed by atoms with Crippen LogP contribution >= 0.6 is 15.9 Å². The Morgan fingerprint density at radius 2 is 1.88 bits per heavy atom. The van der Waals surface area contributed by atoms with Crippen molar-refractivity contribution in [3.63, 3.8) is 0 Å². The molecule has 0 unspecified atom stereocenters. The van der Waals surface area contributed by atoms with Crippen molar-refractivity contribution >= 4 is 27.9 Å². The summed E-state index contributed by atoms with van der Waals surface area (Å²) in [4.78, 5) is 24.1. The van der Waals surface area contributed by atoms with Gasteiger partial charge in [-0.15, -0.1) is 0 Å². The average molecular weight is 408 g/mol. The second-order valence-corrected chi connectivity index (χ2v) is 6.20. The normalized spacial score (nSPS) is 11.6. The number of benzene rings is 2. The van der Waals surface area contributed by atoms with Crippen LogP contribution < -0.4 is 5.32 Å². The lowest BCUT2D eigenvalue weighted by atomic mass is 10.0. The van der Waals surface area contributed by atoms with Gasteiger partial charge in [0.25, 0.3) is 5.91 Å². The number of alkyl carbamates (subject to hydrolysis) is 1. The number of amides is 2. The van der Waals surface area contributed by atoms with Crippen molar-refractivity contribution in [2.45, 2.75) is 18.9 Å². The first-order valence-corrected chi connectivity index (χ1v) is 8.47. The van der Waals surface area contributed by atoms with E-state index in [0.717, 1.165) is 0 Å². The minimum absolute atomic E-state index is 0.0340. The van der Waals surface area contributed by atoms with Gasteiger partial charge in [-0.25, -0.2) is 4.79 Å². The van der Waals surface area contributed by atoms with Crippen LogP contribution in [-0.4, -0.2) is 28.8 Å². The lowest BCUT2D eigenvalue weighted by molar-refractivity contribution is 0.0763. The maximum Gasteiger partial charge on any atom is 0.414 e. The fourth-order valence-electron chi connectivity index (χ4n) is 2.25. The van der Waals surface area contributed by atoms with Crippen molar-refractivity contribution < 1.29 is 24.5 Å². The van der Waals surface area contributed by atoms with Gasteiger partial charge in [0.2, 0.25) is 0 Å². The number of aromatic hydroxyl groups is 1. The number of imide groups is 1. The van der Waals surface area contributed by atoms with Crippen LogP contribution in [0.2, 0.25) is 0 Å². The van der Waals surface area contributed by atoms with Crippen LogP contribution in [0.25, 0.3) is 0 Å². The monoisotopic (exact) mass is 407 g/mol. The molecule has 25 heavy (non-hydrogen) atoms. The number of hydrogen-bond donors (Lipinski definition) is 3. The van der Waals surface area contributed by atoms with Crippen LogP contribution in [0.15, 0.2) is 53.0 Å². The predicted octanol–water partition coefficient (Wildman–Crippen LogP) is 3.53. The first kappa shape index (κ1) is 19.0. The summed E-state index contributed by atoms with van der Waals surface area (Å²) in [7, 11) is 0. The molecule has 0 aliphatic heterocycles. The number of ether oxygens (including phenoxy) is 1. The Morgan fingerprint density at radius 3 is 2.56 bits per heavy atom. The number of hydrogen-bond acceptors (Lipinski definition) is 5. The molecule has 2 amide bonds. The quantitative estimate of drug-likeness (QED) is 0.680. The molecule has 0 bridgehead atoms. The number of nitrogens with one attached hydrogen (secondary N) is 1. The van der Waals surface area contributed by atoms with Crippen molar-refractivity contribution in [3.05, 3.63) is 64.1 Å². The highest BCUT2D eigenvalue weighted by atomic mass is 79.9. The smallest absolute Gasteiger partial charge is 0.414 e. The molecule has 3 N–H and O–H groups in total. The molecule has 1 atom stereocenters. The number of rotatable bonds is 6. The van der Waals surface area contributed by atoms with Gasteiger partial charge >= 0.3 is 6.09 Å². The van der Waals surface area contributed by atoms with Gasteiger partial charge in [0.1, 0.15) is 11.9 Å². The standard InChI is InChI=1S/C18H18BrNO5/c19-13-8-9-15(22)14(11-13)16(7-4-10-21)25-18(24)20-17(23)12-5-2-1-3-6-12/h1-3,5-6,8-9,11,16,21-22H,4,7,10H2,(H,20,23,24)/t16-/m0/s1. The molecular formula is C18H18BrNO5. The maximum atomic E-state index is 12.1. The molecule has 0 aromatic heterocycles. The van der Waals surface area contributed by atoms with E-state index >= 15 is 0 Å². The summed E-state index contributed by atoms with van der Waals surface area (Å²) in [5, 5.41) is 21.2. The highest BCUT2D eigenvalue weighted by Gasteiger charge is 2.21. The Labute approximate surface area is 153 Å². The minimum atomic E-state index is -0.920. The van der Waals surface area contributed by atoms with E-state index in [1.165, 1.54) is 6.07 Å². The van der Waals surface area contributed by atoms with Gasteiger partial charge in [0.05, 0.1) is 0 Å². The minimum Gasteiger partial charge on any atom is -0.508 e. The van der Waals surface area contributed by atoms with Crippen LogP contribution in [0.5, 0.6) is 5.75 Å². The first-order valence-electron chi connectivity index (χ1n) is 7.67. The summed E-state index contributed by atoms with van der Waals surface area (Å²) in [6.07, 6.45) is -1.05. The Morgan fingerprint density at radius 1 is 1.16 bits per heavy atom. The summed E-state index contributed by atoms with van der Waals surface area (Å²) < 4.78 is 6.01. The second-order valence-electron chi connectivity index (χ2n) is 5.28. The summed E-state index contributed by atoms with van der Waals surface area (Å²) in [5.41, 5.74) is 0.724. The van der Waals surface area contributed by atoms with Crippen molar-refractivity contribution in [3.8, 4) is 5.75 Å². The van der Waals surface area contributed by atoms with Crippen molar-refractivity contribution in [2.75, 3.05) is 6.61 Å². The summed E-state index contributed by atoms with van der Waals surface area (Å²) in [5.74, 6) is -0.613. The van der Waals surface area contributed by atoms with E-state index in [0.29, 0.717) is 28.4 Å². The zero-order valence-electron chi connectivity index (χ0n) is 13.3. The third-order valence-corrected chi connectivity index (χ3v) is 3.96. The fraction of sp³-hybridized carbons (Fsp3) is 0.222. The molecule has 2 aromatic carbocycles. The number of carbonyl (C=O) groups is 2. The third kappa shape index (κ3) is 5.58. The van der Waals surface area contributed by atoms with Crippen molar-refractivity contribution in [1.82, 2.24) is 5.32 Å². The molecule has 0 saturated heterocycles. The topological polar surface area (TPSA) is 95.9 Å². The van der Waals surface area contributed by atoms with Crippen LogP contribution in [-0.2, 0) is 4.74 Å². The van der Waals surface area contributed by atoms with Gasteiger partial charge in [-0.3, -0.25) is 10.1 Å². The number of phenolic OH excluding ortho intramolecular Hbond substituents is 1. The number of phenols is 1. The van der Waals surface area contributed by atoms with E-state index in [-0.39, 0.29) is 12.4 Å². The lowest BCUT2D eigenvalue weighted by Crippen LogP contribution is -2.32. The number of aliphatic hydroxyl groups excluding tert-OH is 1. The molecule has 0 aliphatic rings. The molecule has 132 valence electrons. The van der Waals surface area contributed by atoms with E-state index in [1.807, 2.05) is 0 Å². The van der Waals surface area contributed by atoms with E-state index in [4.69, 9.17) is 9.84 Å². The lowest BCUT2D eigenvalue weighted by Gasteiger charge is -2.19. The van der Waals surface area contributed by atoms with Gasteiger partial charge in [-0.1, -0.05) is 34.1 Å². The van der Waals surface area contributed by atoms with Gasteiger partial charge in [-0.2, -0.15) is 0 Å². The maximum absolute atomic E-state index is 12.1. The Bertz CT molecular complexity index is 736. The van der Waals surface area contributed by atoms with Crippen LogP contribution in [0.4, 0.5) is 4.79 Å². The second kappa shape index (κ2) is 9.19. The van der Waals surface area contributed by atoms with Crippen LogP contribution in [0.1, 0.15) is 34.9 Å². The molecule has 0 radical (unpaired) electrons. The number of aliphatic hydroxyl groups is 1. The summed E-state index contributed by atoms with van der Waals surface area (Å²) in [6, 6.07) is 13.0. The van der Waals surface area contributed by atoms with E-state index < -0.39 is 18.1 Å². The summed E-state index contributed by atoms with van der Waals surface area (Å²) >= 11 is 3.30. The predicted molar refractivity (Wildman–Crippen MR) is 95.3 cm³/mol. The highest BCUT2D eigenvalue weighted by molar-refractivity contribution is 9.10. The number of carbonyl (C=O) groups excluding carboxylic acids is 2. The Hall–Kier alpha value is -2.38. The van der Waals surface area contributed by atoms with Gasteiger partial charge in [-0.05, 0) is 43.2 Å². The fourth-order valence-corrected chi connectivity index (χ4v) is 2.63. The molecule has 2 rings (SSSR count). The Balaban J connectivity index is 2.09. The zero-order valence-corrected chi connectivity index (χ0v) is 14.9. The van der Waals surface area contributed by atoms with E-state index in [2.05, 4.69) is 21.2 Å². The Kier molecular flexibility index (Phi) is 6.97. The van der Waals surface area contributed by atoms with Crippen LogP contribution in [0.3, 0.4) is 0 Å².